The number of hydrogen-bond acceptors (Lipinski definition) is 7. The van der Waals surface area contributed by atoms with Gasteiger partial charge in [0.2, 0.25) is 10.0 Å². The molecule has 3 heterocycles. The third-order valence-electron chi connectivity index (χ3n) is 9.92. The van der Waals surface area contributed by atoms with Crippen LogP contribution in [0, 0.1) is 23.7 Å². The van der Waals surface area contributed by atoms with Crippen molar-refractivity contribution in [1.29, 1.82) is 0 Å². The molecule has 0 radical (unpaired) electrons. The summed E-state index contributed by atoms with van der Waals surface area (Å²) in [4.78, 5) is 25.2. The van der Waals surface area contributed by atoms with Gasteiger partial charge in [0.25, 0.3) is 0 Å². The van der Waals surface area contributed by atoms with Gasteiger partial charge in [0, 0.05) is 44.4 Å². The van der Waals surface area contributed by atoms with E-state index < -0.39 is 15.4 Å². The van der Waals surface area contributed by atoms with Gasteiger partial charge in [-0.2, -0.15) is 5.10 Å². The summed E-state index contributed by atoms with van der Waals surface area (Å²) in [5.74, 6) is 1.98. The average molecular weight is 565 g/mol. The van der Waals surface area contributed by atoms with Gasteiger partial charge in [0.15, 0.2) is 5.65 Å². The summed E-state index contributed by atoms with van der Waals surface area (Å²) in [7, 11) is -3.61. The number of carbonyl (C=O) groups is 1. The van der Waals surface area contributed by atoms with Crippen molar-refractivity contribution in [3.63, 3.8) is 0 Å². The van der Waals surface area contributed by atoms with Crippen LogP contribution in [0.15, 0.2) is 30.3 Å². The van der Waals surface area contributed by atoms with Gasteiger partial charge in [-0.3, -0.25) is 4.79 Å². The van der Waals surface area contributed by atoms with E-state index in [0.717, 1.165) is 53.3 Å². The molecule has 2 aliphatic carbocycles. The number of para-hydroxylation sites is 1. The highest BCUT2D eigenvalue weighted by Gasteiger charge is 2.65. The highest BCUT2D eigenvalue weighted by atomic mass is 32.2. The maximum Gasteiger partial charge on any atom is 0.215 e. The lowest BCUT2D eigenvalue weighted by molar-refractivity contribution is -0.128. The van der Waals surface area contributed by atoms with Crippen molar-refractivity contribution >= 4 is 32.7 Å². The van der Waals surface area contributed by atoms with Gasteiger partial charge in [-0.05, 0) is 56.1 Å². The molecule has 9 nitrogen and oxygen atoms in total. The summed E-state index contributed by atoms with van der Waals surface area (Å²) in [6, 6.07) is 10.00. The molecule has 2 bridgehead atoms. The summed E-state index contributed by atoms with van der Waals surface area (Å²) >= 11 is 0. The second kappa shape index (κ2) is 9.91. The Morgan fingerprint density at radius 2 is 1.82 bits per heavy atom. The normalized spacial score (nSPS) is 25.1. The van der Waals surface area contributed by atoms with Crippen LogP contribution in [0.1, 0.15) is 64.4 Å². The van der Waals surface area contributed by atoms with Crippen LogP contribution < -0.4 is 4.90 Å². The summed E-state index contributed by atoms with van der Waals surface area (Å²) in [5, 5.41) is 5.75. The van der Waals surface area contributed by atoms with Gasteiger partial charge in [-0.1, -0.05) is 39.0 Å². The Balaban J connectivity index is 1.30. The second-order valence-electron chi connectivity index (χ2n) is 12.4. The molecule has 3 aromatic rings. The van der Waals surface area contributed by atoms with E-state index in [2.05, 4.69) is 25.7 Å². The number of ketones is 1. The zero-order chi connectivity index (χ0) is 28.3. The van der Waals surface area contributed by atoms with E-state index >= 15 is 0 Å². The standard InChI is InChI=1S/C30H40N6O3S/c1-5-10-25-31-27(26-21(2)33-36(28(26)32-25)23-11-7-6-8-12-23)34-15-9-16-35(18-17-34)40(38,39)20-30-14-13-22(19-24(30)37)29(30,3)4/h6-8,11-12,22H,5,9-10,13-20H2,1-4H3/t22-,30+/m0/s1. The Morgan fingerprint density at radius 1 is 1.05 bits per heavy atom. The van der Waals surface area contributed by atoms with E-state index in [1.165, 1.54) is 0 Å². The number of rotatable bonds is 7. The quantitative estimate of drug-likeness (QED) is 0.421. The zero-order valence-electron chi connectivity index (χ0n) is 24.1. The van der Waals surface area contributed by atoms with Crippen molar-refractivity contribution in [1.82, 2.24) is 24.1 Å². The smallest absolute Gasteiger partial charge is 0.215 e. The molecule has 0 N–H and O–H groups in total. The molecule has 6 rings (SSSR count). The Bertz CT molecular complexity index is 1550. The van der Waals surface area contributed by atoms with E-state index in [-0.39, 0.29) is 17.0 Å². The first-order chi connectivity index (χ1) is 19.1. The number of anilines is 1. The van der Waals surface area contributed by atoms with Crippen LogP contribution in [0.2, 0.25) is 0 Å². The van der Waals surface area contributed by atoms with Crippen LogP contribution in [0.3, 0.4) is 0 Å². The summed E-state index contributed by atoms with van der Waals surface area (Å²) in [6.45, 7) is 10.3. The monoisotopic (exact) mass is 564 g/mol. The predicted molar refractivity (Wildman–Crippen MR) is 156 cm³/mol. The van der Waals surface area contributed by atoms with Crippen molar-refractivity contribution in [3.8, 4) is 5.69 Å². The highest BCUT2D eigenvalue weighted by molar-refractivity contribution is 7.89. The fourth-order valence-corrected chi connectivity index (χ4v) is 9.66. The first-order valence-electron chi connectivity index (χ1n) is 14.6. The molecule has 1 aromatic carbocycles. The Kier molecular flexibility index (Phi) is 6.77. The molecule has 2 aromatic heterocycles. The lowest BCUT2D eigenvalue weighted by atomic mass is 9.70. The minimum Gasteiger partial charge on any atom is -0.355 e. The summed E-state index contributed by atoms with van der Waals surface area (Å²) in [5.41, 5.74) is 1.55. The van der Waals surface area contributed by atoms with E-state index in [9.17, 15) is 13.2 Å². The number of fused-ring (bicyclic) bond motifs is 3. The maximum atomic E-state index is 13.8. The minimum absolute atomic E-state index is 0.0658. The van der Waals surface area contributed by atoms with Gasteiger partial charge < -0.3 is 4.90 Å². The molecule has 10 heteroatoms. The Hall–Kier alpha value is -2.85. The first-order valence-corrected chi connectivity index (χ1v) is 16.3. The number of hydrogen-bond donors (Lipinski definition) is 0. The van der Waals surface area contributed by atoms with Crippen molar-refractivity contribution in [2.45, 2.75) is 66.2 Å². The predicted octanol–water partition coefficient (Wildman–Crippen LogP) is 4.31. The molecule has 1 aliphatic heterocycles. The lowest BCUT2D eigenvalue weighted by Gasteiger charge is -2.37. The van der Waals surface area contributed by atoms with Crippen molar-refractivity contribution in [2.24, 2.45) is 16.7 Å². The Morgan fingerprint density at radius 3 is 2.50 bits per heavy atom. The van der Waals surface area contributed by atoms with Gasteiger partial charge in [0.05, 0.1) is 22.5 Å². The number of sulfonamides is 1. The van der Waals surface area contributed by atoms with Crippen LogP contribution in [0.4, 0.5) is 5.82 Å². The van der Waals surface area contributed by atoms with Gasteiger partial charge in [0.1, 0.15) is 17.4 Å². The SMILES string of the molecule is CCCc1nc(N2CCCN(S(=O)(=O)C[C@]34CC[C@@H](CC3=O)C4(C)C)CC2)c2c(C)nn(-c3ccccc3)c2n1. The van der Waals surface area contributed by atoms with Crippen LogP contribution in [0.25, 0.3) is 16.7 Å². The van der Waals surface area contributed by atoms with Gasteiger partial charge in [-0.25, -0.2) is 27.4 Å². The molecular weight excluding hydrogens is 524 g/mol. The number of carbonyl (C=O) groups excluding carboxylic acids is 1. The second-order valence-corrected chi connectivity index (χ2v) is 14.4. The zero-order valence-corrected chi connectivity index (χ0v) is 24.9. The topological polar surface area (TPSA) is 101 Å². The molecular formula is C30H40N6O3S. The van der Waals surface area contributed by atoms with E-state index in [1.54, 1.807) is 4.31 Å². The third kappa shape index (κ3) is 4.26. The number of aryl methyl sites for hydroxylation is 2. The fourth-order valence-electron chi connectivity index (χ4n) is 7.41. The fraction of sp³-hybridized carbons (Fsp3) is 0.600. The van der Waals surface area contributed by atoms with E-state index in [1.807, 2.05) is 41.9 Å². The first kappa shape index (κ1) is 27.3. The van der Waals surface area contributed by atoms with Crippen molar-refractivity contribution < 1.29 is 13.2 Å². The van der Waals surface area contributed by atoms with Crippen LogP contribution >= 0.6 is 0 Å². The number of aromatic nitrogens is 4. The minimum atomic E-state index is -3.61. The van der Waals surface area contributed by atoms with Crippen LogP contribution in [0.5, 0.6) is 0 Å². The number of benzene rings is 1. The molecule has 0 unspecified atom stereocenters. The molecule has 2 atom stereocenters. The molecule has 2 saturated carbocycles. The maximum absolute atomic E-state index is 13.8. The third-order valence-corrected chi connectivity index (χ3v) is 11.9. The molecule has 0 spiro atoms. The van der Waals surface area contributed by atoms with Crippen LogP contribution in [-0.4, -0.2) is 70.2 Å². The molecule has 40 heavy (non-hydrogen) atoms. The molecule has 3 fully saturated rings. The van der Waals surface area contributed by atoms with Gasteiger partial charge in [-0.15, -0.1) is 0 Å². The van der Waals surface area contributed by atoms with Crippen molar-refractivity contribution in [3.05, 3.63) is 41.9 Å². The van der Waals surface area contributed by atoms with E-state index in [0.29, 0.717) is 51.4 Å². The summed E-state index contributed by atoms with van der Waals surface area (Å²) in [6.07, 6.45) is 4.52. The van der Waals surface area contributed by atoms with Crippen molar-refractivity contribution in [2.75, 3.05) is 36.8 Å². The summed E-state index contributed by atoms with van der Waals surface area (Å²) < 4.78 is 31.2. The van der Waals surface area contributed by atoms with Crippen LogP contribution in [-0.2, 0) is 21.2 Å². The number of nitrogens with zero attached hydrogens (tertiary/aromatic N) is 6. The molecule has 214 valence electrons. The highest BCUT2D eigenvalue weighted by Crippen LogP contribution is 2.64. The van der Waals surface area contributed by atoms with E-state index in [4.69, 9.17) is 15.1 Å². The lowest BCUT2D eigenvalue weighted by Crippen LogP contribution is -2.47. The van der Waals surface area contributed by atoms with Gasteiger partial charge >= 0.3 is 0 Å². The number of Topliss-reactive ketones (excluding diaryl/α,β-unsaturated/α-hetero) is 1. The largest absolute Gasteiger partial charge is 0.355 e. The Labute approximate surface area is 237 Å². The molecule has 3 aliphatic rings. The molecule has 1 saturated heterocycles. The molecule has 0 amide bonds. The average Bonchev–Trinajstić information content (AvgIpc) is 3.31.